The molecule has 0 saturated heterocycles. The van der Waals surface area contributed by atoms with Crippen LogP contribution < -0.4 is 0 Å². The molecule has 0 radical (unpaired) electrons. The maximum absolute atomic E-state index is 12.6. The molecule has 1 N–H and O–H groups in total. The first kappa shape index (κ1) is 47.5. The fourth-order valence-electron chi connectivity index (χ4n) is 5.10. The van der Waals surface area contributed by atoms with E-state index in [4.69, 9.17) is 18.5 Å². The Morgan fingerprint density at radius 3 is 1.63 bits per heavy atom. The Kier molecular flexibility index (Phi) is 31.4. The Labute approximate surface area is 300 Å². The summed E-state index contributed by atoms with van der Waals surface area (Å²) >= 11 is 0. The van der Waals surface area contributed by atoms with Crippen molar-refractivity contribution < 1.29 is 42.1 Å². The van der Waals surface area contributed by atoms with E-state index in [2.05, 4.69) is 38.2 Å². The molecule has 0 aromatic rings. The van der Waals surface area contributed by atoms with Gasteiger partial charge in [0.15, 0.2) is 6.10 Å². The van der Waals surface area contributed by atoms with Crippen LogP contribution in [0.1, 0.15) is 162 Å². The lowest BCUT2D eigenvalue weighted by molar-refractivity contribution is -0.870. The summed E-state index contributed by atoms with van der Waals surface area (Å²) in [5, 5.41) is 0. The number of esters is 2. The Bertz CT molecular complexity index is 902. The van der Waals surface area contributed by atoms with E-state index in [0.29, 0.717) is 17.4 Å². The van der Waals surface area contributed by atoms with E-state index in [1.165, 1.54) is 77.0 Å². The minimum atomic E-state index is -4.35. The van der Waals surface area contributed by atoms with Crippen LogP contribution in [0.15, 0.2) is 24.3 Å². The van der Waals surface area contributed by atoms with Gasteiger partial charge in [0.05, 0.1) is 27.7 Å². The van der Waals surface area contributed by atoms with Crippen LogP contribution in [0.4, 0.5) is 0 Å². The minimum Gasteiger partial charge on any atom is -0.462 e. The molecule has 0 spiro atoms. The molecule has 0 aromatic carbocycles. The van der Waals surface area contributed by atoms with Gasteiger partial charge < -0.3 is 18.9 Å². The van der Waals surface area contributed by atoms with Crippen molar-refractivity contribution in [2.45, 2.75) is 168 Å². The highest BCUT2D eigenvalue weighted by atomic mass is 31.2. The lowest BCUT2D eigenvalue weighted by Crippen LogP contribution is -2.37. The number of quaternary nitrogens is 1. The van der Waals surface area contributed by atoms with Gasteiger partial charge in [-0.15, -0.1) is 0 Å². The van der Waals surface area contributed by atoms with Crippen LogP contribution in [0.3, 0.4) is 0 Å². The Morgan fingerprint density at radius 2 is 1.10 bits per heavy atom. The van der Waals surface area contributed by atoms with Crippen molar-refractivity contribution in [1.29, 1.82) is 0 Å². The molecule has 0 heterocycles. The van der Waals surface area contributed by atoms with E-state index in [-0.39, 0.29) is 32.0 Å². The predicted molar refractivity (Wildman–Crippen MR) is 201 cm³/mol. The number of carbonyl (C=O) groups excluding carboxylic acids is 2. The van der Waals surface area contributed by atoms with Gasteiger partial charge in [0, 0.05) is 12.8 Å². The first-order chi connectivity index (χ1) is 23.5. The Hall–Kier alpha value is -1.51. The van der Waals surface area contributed by atoms with E-state index in [9.17, 15) is 19.0 Å². The van der Waals surface area contributed by atoms with Crippen molar-refractivity contribution >= 4 is 19.8 Å². The number of unbranched alkanes of at least 4 members (excludes halogenated alkanes) is 17. The topological polar surface area (TPSA) is 108 Å². The van der Waals surface area contributed by atoms with Crippen LogP contribution in [0.5, 0.6) is 0 Å². The summed E-state index contributed by atoms with van der Waals surface area (Å²) in [6, 6.07) is 0. The SMILES string of the molecule is CCCCCCC/C=C\C/C=C\CCCCCCCCCCCC(=O)OC(COC(=O)CCCCCC)COP(=O)(O)OCC[N+](C)(C)C. The fourth-order valence-corrected chi connectivity index (χ4v) is 5.84. The molecule has 0 aliphatic heterocycles. The smallest absolute Gasteiger partial charge is 0.462 e. The highest BCUT2D eigenvalue weighted by Crippen LogP contribution is 2.43. The van der Waals surface area contributed by atoms with E-state index in [0.717, 1.165) is 51.4 Å². The van der Waals surface area contributed by atoms with Crippen LogP contribution in [-0.2, 0) is 32.7 Å². The number of likely N-dealkylation sites (N-methyl/N-ethyl adjacent to an activating group) is 1. The molecule has 10 heteroatoms. The maximum atomic E-state index is 12.6. The zero-order valence-electron chi connectivity index (χ0n) is 32.2. The number of carbonyl (C=O) groups is 2. The maximum Gasteiger partial charge on any atom is 0.472 e. The first-order valence-electron chi connectivity index (χ1n) is 19.6. The molecule has 288 valence electrons. The van der Waals surface area contributed by atoms with Crippen LogP contribution in [0, 0.1) is 0 Å². The van der Waals surface area contributed by atoms with Crippen LogP contribution >= 0.6 is 7.82 Å². The summed E-state index contributed by atoms with van der Waals surface area (Å²) in [6.45, 7) is 4.26. The molecular weight excluding hydrogens is 641 g/mol. The molecule has 49 heavy (non-hydrogen) atoms. The standard InChI is InChI=1S/C39H74NO8P/c1-6-8-10-12-13-14-15-16-17-18-19-20-21-22-23-24-25-26-27-28-30-32-39(42)48-37(35-45-38(41)31-29-11-9-7-2)36-47-49(43,44)46-34-33-40(3,4)5/h15-16,18-19,37H,6-14,17,20-36H2,1-5H3/p+1/b16-15-,19-18-. The lowest BCUT2D eigenvalue weighted by Gasteiger charge is -2.24. The summed E-state index contributed by atoms with van der Waals surface area (Å²) < 4.78 is 33.9. The highest BCUT2D eigenvalue weighted by molar-refractivity contribution is 7.47. The normalized spacial score (nSPS) is 14.0. The zero-order chi connectivity index (χ0) is 36.5. The largest absolute Gasteiger partial charge is 0.472 e. The molecule has 0 bridgehead atoms. The van der Waals surface area contributed by atoms with Crippen molar-refractivity contribution in [2.75, 3.05) is 47.5 Å². The van der Waals surface area contributed by atoms with Gasteiger partial charge in [-0.1, -0.05) is 128 Å². The number of hydrogen-bond donors (Lipinski definition) is 1. The predicted octanol–water partition coefficient (Wildman–Crippen LogP) is 10.4. The van der Waals surface area contributed by atoms with Gasteiger partial charge in [0.25, 0.3) is 0 Å². The van der Waals surface area contributed by atoms with Crippen LogP contribution in [-0.4, -0.2) is 74.9 Å². The van der Waals surface area contributed by atoms with Gasteiger partial charge in [-0.25, -0.2) is 4.57 Å². The zero-order valence-corrected chi connectivity index (χ0v) is 33.1. The number of allylic oxidation sites excluding steroid dienone is 4. The van der Waals surface area contributed by atoms with E-state index in [1.807, 2.05) is 21.1 Å². The van der Waals surface area contributed by atoms with Crippen molar-refractivity contribution in [3.8, 4) is 0 Å². The van der Waals surface area contributed by atoms with Gasteiger partial charge >= 0.3 is 19.8 Å². The molecule has 0 aliphatic carbocycles. The van der Waals surface area contributed by atoms with Gasteiger partial charge in [0.1, 0.15) is 19.8 Å². The van der Waals surface area contributed by atoms with Crippen LogP contribution in [0.2, 0.25) is 0 Å². The summed E-state index contributed by atoms with van der Waals surface area (Å²) in [4.78, 5) is 34.8. The summed E-state index contributed by atoms with van der Waals surface area (Å²) in [7, 11) is 1.47. The molecule has 0 saturated carbocycles. The van der Waals surface area contributed by atoms with Gasteiger partial charge in [-0.05, 0) is 44.9 Å². The Balaban J connectivity index is 4.16. The molecular formula is C39H75NO8P+. The highest BCUT2D eigenvalue weighted by Gasteiger charge is 2.27. The average Bonchev–Trinajstić information content (AvgIpc) is 3.04. The third kappa shape index (κ3) is 36.1. The molecule has 2 unspecified atom stereocenters. The third-order valence-electron chi connectivity index (χ3n) is 8.23. The van der Waals surface area contributed by atoms with Gasteiger partial charge in [-0.3, -0.25) is 18.6 Å². The summed E-state index contributed by atoms with van der Waals surface area (Å²) in [6.07, 6.45) is 32.9. The second kappa shape index (κ2) is 32.4. The second-order valence-electron chi connectivity index (χ2n) is 14.3. The number of hydrogen-bond acceptors (Lipinski definition) is 7. The monoisotopic (exact) mass is 717 g/mol. The molecule has 2 atom stereocenters. The number of phosphoric ester groups is 1. The molecule has 0 aromatic heterocycles. The summed E-state index contributed by atoms with van der Waals surface area (Å²) in [5.41, 5.74) is 0. The summed E-state index contributed by atoms with van der Waals surface area (Å²) in [5.74, 6) is -0.823. The third-order valence-corrected chi connectivity index (χ3v) is 9.22. The minimum absolute atomic E-state index is 0.0315. The number of rotatable bonds is 35. The second-order valence-corrected chi connectivity index (χ2v) is 15.8. The van der Waals surface area contributed by atoms with E-state index >= 15 is 0 Å². The molecule has 0 fully saturated rings. The number of ether oxygens (including phenoxy) is 2. The van der Waals surface area contributed by atoms with Crippen molar-refractivity contribution in [3.05, 3.63) is 24.3 Å². The van der Waals surface area contributed by atoms with Gasteiger partial charge in [-0.2, -0.15) is 0 Å². The van der Waals surface area contributed by atoms with Crippen LogP contribution in [0.25, 0.3) is 0 Å². The van der Waals surface area contributed by atoms with E-state index in [1.54, 1.807) is 0 Å². The average molecular weight is 717 g/mol. The van der Waals surface area contributed by atoms with E-state index < -0.39 is 26.5 Å². The van der Waals surface area contributed by atoms with Crippen molar-refractivity contribution in [1.82, 2.24) is 0 Å². The molecule has 0 aliphatic rings. The number of phosphoric acid groups is 1. The number of nitrogens with zero attached hydrogens (tertiary/aromatic N) is 1. The molecule has 0 rings (SSSR count). The fraction of sp³-hybridized carbons (Fsp3) is 0.846. The molecule has 9 nitrogen and oxygen atoms in total. The quantitative estimate of drug-likeness (QED) is 0.0227. The van der Waals surface area contributed by atoms with Crippen molar-refractivity contribution in [3.63, 3.8) is 0 Å². The Morgan fingerprint density at radius 1 is 0.633 bits per heavy atom. The lowest BCUT2D eigenvalue weighted by atomic mass is 10.1. The first-order valence-corrected chi connectivity index (χ1v) is 21.1. The van der Waals surface area contributed by atoms with Crippen molar-refractivity contribution in [2.24, 2.45) is 0 Å². The van der Waals surface area contributed by atoms with Gasteiger partial charge in [0.2, 0.25) is 0 Å². The molecule has 0 amide bonds.